The van der Waals surface area contributed by atoms with Crippen molar-refractivity contribution in [1.29, 1.82) is 0 Å². The van der Waals surface area contributed by atoms with Gasteiger partial charge in [-0.15, -0.1) is 0 Å². The Hall–Kier alpha value is -5.23. The molecule has 0 bridgehead atoms. The Balaban J connectivity index is 4.60. The van der Waals surface area contributed by atoms with Crippen molar-refractivity contribution < 1.29 is 28.6 Å². The molecule has 0 rings (SSSR count). The van der Waals surface area contributed by atoms with Crippen molar-refractivity contribution in [1.82, 2.24) is 0 Å². The van der Waals surface area contributed by atoms with Crippen LogP contribution in [-0.4, -0.2) is 37.2 Å². The number of esters is 3. The first kappa shape index (κ1) is 67.8. The first-order valence-corrected chi connectivity index (χ1v) is 28.6. The van der Waals surface area contributed by atoms with Crippen LogP contribution in [0.15, 0.2) is 170 Å². The molecular weight excluding hydrogens is 901 g/mol. The Morgan fingerprint density at radius 1 is 0.274 bits per heavy atom. The molecular formula is C67H102O6. The number of hydrogen-bond acceptors (Lipinski definition) is 6. The van der Waals surface area contributed by atoms with Crippen LogP contribution < -0.4 is 0 Å². The van der Waals surface area contributed by atoms with Crippen LogP contribution in [0, 0.1) is 0 Å². The molecule has 0 heterocycles. The van der Waals surface area contributed by atoms with Crippen molar-refractivity contribution in [2.75, 3.05) is 13.2 Å². The van der Waals surface area contributed by atoms with Gasteiger partial charge in [-0.2, -0.15) is 0 Å². The standard InChI is InChI=1S/C67H102O6/c1-4-7-10-13-16-19-22-25-28-30-32-33-35-36-39-42-45-48-51-54-57-60-66(69)72-63-64(62-71-65(68)59-56-53-50-47-44-41-38-27-24-21-18-15-12-9-6-3)73-67(70)61-58-55-52-49-46-43-40-37-34-31-29-26-23-20-17-14-11-8-5-2/h7-12,16-21,25-29,32-34,36-39,43,45-46,48,64H,4-6,13-15,22-24,30-31,35,40-42,44,47,49-63H2,1-3H3/b10-7-,11-8-,12-9-,19-16-,20-17-,21-18-,28-25-,29-26-,33-32-,37-34-,38-27-,39-36-,46-43-,48-45-. The van der Waals surface area contributed by atoms with Crippen LogP contribution in [0.3, 0.4) is 0 Å². The summed E-state index contributed by atoms with van der Waals surface area (Å²) in [6.45, 7) is 6.20. The Kier molecular flexibility index (Phi) is 55.1. The summed E-state index contributed by atoms with van der Waals surface area (Å²) in [6, 6.07) is 0. The molecule has 0 radical (unpaired) electrons. The number of rotatable bonds is 49. The van der Waals surface area contributed by atoms with Crippen LogP contribution in [0.4, 0.5) is 0 Å². The monoisotopic (exact) mass is 1000 g/mol. The highest BCUT2D eigenvalue weighted by Crippen LogP contribution is 2.12. The van der Waals surface area contributed by atoms with Crippen molar-refractivity contribution in [3.05, 3.63) is 170 Å². The molecule has 0 aliphatic rings. The second kappa shape index (κ2) is 59.3. The number of ether oxygens (including phenoxy) is 3. The maximum atomic E-state index is 12.9. The first-order chi connectivity index (χ1) is 36.0. The summed E-state index contributed by atoms with van der Waals surface area (Å²) in [6.07, 6.45) is 87.7. The summed E-state index contributed by atoms with van der Waals surface area (Å²) < 4.78 is 16.8. The van der Waals surface area contributed by atoms with E-state index in [-0.39, 0.29) is 44.0 Å². The largest absolute Gasteiger partial charge is 0.462 e. The van der Waals surface area contributed by atoms with Crippen LogP contribution in [0.5, 0.6) is 0 Å². The van der Waals surface area contributed by atoms with Gasteiger partial charge in [-0.1, -0.05) is 217 Å². The van der Waals surface area contributed by atoms with E-state index in [0.29, 0.717) is 19.3 Å². The highest BCUT2D eigenvalue weighted by Gasteiger charge is 2.19. The van der Waals surface area contributed by atoms with Gasteiger partial charge in [-0.25, -0.2) is 0 Å². The minimum atomic E-state index is -0.831. The number of unbranched alkanes of at least 4 members (excludes halogenated alkanes) is 10. The Morgan fingerprint density at radius 2 is 0.493 bits per heavy atom. The lowest BCUT2D eigenvalue weighted by Gasteiger charge is -2.18. The fourth-order valence-corrected chi connectivity index (χ4v) is 7.01. The normalized spacial score (nSPS) is 13.4. The molecule has 0 fully saturated rings. The van der Waals surface area contributed by atoms with Gasteiger partial charge in [0.05, 0.1) is 0 Å². The minimum Gasteiger partial charge on any atom is -0.462 e. The Morgan fingerprint density at radius 3 is 0.808 bits per heavy atom. The van der Waals surface area contributed by atoms with E-state index in [1.54, 1.807) is 0 Å². The van der Waals surface area contributed by atoms with E-state index in [1.165, 1.54) is 0 Å². The molecule has 0 saturated carbocycles. The highest BCUT2D eigenvalue weighted by molar-refractivity contribution is 5.71. The molecule has 0 aromatic carbocycles. The fourth-order valence-electron chi connectivity index (χ4n) is 7.01. The van der Waals surface area contributed by atoms with Gasteiger partial charge in [-0.3, -0.25) is 14.4 Å². The van der Waals surface area contributed by atoms with Crippen molar-refractivity contribution in [3.8, 4) is 0 Å². The topological polar surface area (TPSA) is 78.9 Å². The zero-order valence-corrected chi connectivity index (χ0v) is 46.3. The van der Waals surface area contributed by atoms with Crippen LogP contribution in [0.2, 0.25) is 0 Å². The van der Waals surface area contributed by atoms with Gasteiger partial charge >= 0.3 is 17.9 Å². The quantitative estimate of drug-likeness (QED) is 0.0261. The third-order valence-electron chi connectivity index (χ3n) is 11.2. The number of carbonyl (C=O) groups excluding carboxylic acids is 3. The van der Waals surface area contributed by atoms with Gasteiger partial charge < -0.3 is 14.2 Å². The SMILES string of the molecule is CC/C=C\C/C=C\C/C=C\C/C=C\C/C=C\C/C=C\CCCCC(=O)OCC(COC(=O)CCCCCCC/C=C\C/C=C\C/C=C\CC)OC(=O)CCCCC/C=C\C/C=C\C/C=C\C/C=C\C/C=C\CC. The maximum absolute atomic E-state index is 12.9. The van der Waals surface area contributed by atoms with Crippen LogP contribution in [-0.2, 0) is 28.6 Å². The lowest BCUT2D eigenvalue weighted by atomic mass is 10.1. The molecule has 1 atom stereocenters. The minimum absolute atomic E-state index is 0.123. The van der Waals surface area contributed by atoms with Crippen LogP contribution >= 0.6 is 0 Å². The van der Waals surface area contributed by atoms with E-state index in [4.69, 9.17) is 14.2 Å². The molecule has 1 unspecified atom stereocenters. The lowest BCUT2D eigenvalue weighted by Crippen LogP contribution is -2.30. The van der Waals surface area contributed by atoms with Crippen molar-refractivity contribution in [3.63, 3.8) is 0 Å². The van der Waals surface area contributed by atoms with E-state index in [2.05, 4.69) is 191 Å². The van der Waals surface area contributed by atoms with Gasteiger partial charge in [0.15, 0.2) is 6.10 Å². The fraction of sp³-hybridized carbons (Fsp3) is 0.537. The second-order valence-corrected chi connectivity index (χ2v) is 18.0. The number of hydrogen-bond donors (Lipinski definition) is 0. The zero-order chi connectivity index (χ0) is 52.9. The van der Waals surface area contributed by atoms with Gasteiger partial charge in [-0.05, 0) is 148 Å². The van der Waals surface area contributed by atoms with Crippen LogP contribution in [0.1, 0.15) is 213 Å². The smallest absolute Gasteiger partial charge is 0.306 e. The predicted molar refractivity (Wildman–Crippen MR) is 315 cm³/mol. The zero-order valence-electron chi connectivity index (χ0n) is 46.3. The summed E-state index contributed by atoms with van der Waals surface area (Å²) in [5.74, 6) is -1.03. The first-order valence-electron chi connectivity index (χ1n) is 28.6. The second-order valence-electron chi connectivity index (χ2n) is 18.0. The molecule has 0 spiro atoms. The highest BCUT2D eigenvalue weighted by atomic mass is 16.6. The van der Waals surface area contributed by atoms with E-state index in [9.17, 15) is 14.4 Å². The number of carbonyl (C=O) groups is 3. The van der Waals surface area contributed by atoms with Crippen molar-refractivity contribution >= 4 is 17.9 Å². The van der Waals surface area contributed by atoms with Gasteiger partial charge in [0.25, 0.3) is 0 Å². The summed E-state index contributed by atoms with van der Waals surface area (Å²) in [5.41, 5.74) is 0. The average Bonchev–Trinajstić information content (AvgIpc) is 3.39. The third-order valence-corrected chi connectivity index (χ3v) is 11.2. The molecule has 0 aliphatic carbocycles. The molecule has 0 N–H and O–H groups in total. The molecule has 0 saturated heterocycles. The number of allylic oxidation sites excluding steroid dienone is 28. The summed E-state index contributed by atoms with van der Waals surface area (Å²) in [5, 5.41) is 0. The summed E-state index contributed by atoms with van der Waals surface area (Å²) >= 11 is 0. The average molecular weight is 1000 g/mol. The van der Waals surface area contributed by atoms with Gasteiger partial charge in [0.2, 0.25) is 0 Å². The predicted octanol–water partition coefficient (Wildman–Crippen LogP) is 19.5. The van der Waals surface area contributed by atoms with Crippen LogP contribution in [0.25, 0.3) is 0 Å². The van der Waals surface area contributed by atoms with E-state index in [0.717, 1.165) is 161 Å². The molecule has 0 aliphatic heterocycles. The molecule has 6 heteroatoms. The van der Waals surface area contributed by atoms with E-state index in [1.807, 2.05) is 0 Å². The van der Waals surface area contributed by atoms with Crippen molar-refractivity contribution in [2.24, 2.45) is 0 Å². The molecule has 73 heavy (non-hydrogen) atoms. The molecule has 0 amide bonds. The molecule has 6 nitrogen and oxygen atoms in total. The summed E-state index contributed by atoms with van der Waals surface area (Å²) in [7, 11) is 0. The van der Waals surface area contributed by atoms with Gasteiger partial charge in [0, 0.05) is 19.3 Å². The van der Waals surface area contributed by atoms with Gasteiger partial charge in [0.1, 0.15) is 13.2 Å². The summed E-state index contributed by atoms with van der Waals surface area (Å²) in [4.78, 5) is 38.2. The maximum Gasteiger partial charge on any atom is 0.306 e. The van der Waals surface area contributed by atoms with E-state index < -0.39 is 6.10 Å². The Bertz CT molecular complexity index is 1720. The molecule has 406 valence electrons. The van der Waals surface area contributed by atoms with Crippen molar-refractivity contribution in [2.45, 2.75) is 219 Å². The third kappa shape index (κ3) is 57.5. The molecule has 0 aromatic rings. The molecule has 0 aromatic heterocycles. The van der Waals surface area contributed by atoms with E-state index >= 15 is 0 Å². The lowest BCUT2D eigenvalue weighted by molar-refractivity contribution is -0.167. The Labute approximate surface area is 447 Å².